The van der Waals surface area contributed by atoms with Crippen LogP contribution in [0.5, 0.6) is 11.5 Å². The summed E-state index contributed by atoms with van der Waals surface area (Å²) in [6, 6.07) is 11.4. The van der Waals surface area contributed by atoms with Gasteiger partial charge in [0, 0.05) is 16.1 Å². The maximum absolute atomic E-state index is 10.7. The number of carbonyl (C=O) groups is 1. The van der Waals surface area contributed by atoms with Crippen molar-refractivity contribution in [2.75, 3.05) is 13.2 Å². The van der Waals surface area contributed by atoms with Gasteiger partial charge in [-0.25, -0.2) is 4.79 Å². The molecule has 0 heterocycles. The Morgan fingerprint density at radius 1 is 1.08 bits per heavy atom. The molecule has 2 aromatic rings. The standard InChI is InChI=1S/C19H19BrO4/c1-13-3-6-17(11-14(13)2)23-9-10-24-18-7-5-16(20)12-15(18)4-8-19(21)22/h3-8,11-12H,9-10H2,1-2H3,(H,21,22). The van der Waals surface area contributed by atoms with Crippen LogP contribution >= 0.6 is 15.9 Å². The number of hydrogen-bond acceptors (Lipinski definition) is 3. The van der Waals surface area contributed by atoms with Crippen molar-refractivity contribution in [3.63, 3.8) is 0 Å². The summed E-state index contributed by atoms with van der Waals surface area (Å²) in [4.78, 5) is 10.7. The van der Waals surface area contributed by atoms with Crippen molar-refractivity contribution in [2.24, 2.45) is 0 Å². The second-order valence-corrected chi connectivity index (χ2v) is 6.21. The lowest BCUT2D eigenvalue weighted by atomic mass is 10.1. The number of benzene rings is 2. The number of hydrogen-bond donors (Lipinski definition) is 1. The van der Waals surface area contributed by atoms with Gasteiger partial charge < -0.3 is 14.6 Å². The topological polar surface area (TPSA) is 55.8 Å². The third-order valence-corrected chi connectivity index (χ3v) is 3.96. The molecule has 2 aromatic carbocycles. The van der Waals surface area contributed by atoms with Crippen molar-refractivity contribution < 1.29 is 19.4 Å². The molecular formula is C19H19BrO4. The Kier molecular flexibility index (Phi) is 6.44. The number of ether oxygens (including phenoxy) is 2. The quantitative estimate of drug-likeness (QED) is 0.553. The monoisotopic (exact) mass is 390 g/mol. The molecule has 0 spiro atoms. The predicted molar refractivity (Wildman–Crippen MR) is 97.7 cm³/mol. The lowest BCUT2D eigenvalue weighted by Crippen LogP contribution is -2.09. The van der Waals surface area contributed by atoms with E-state index < -0.39 is 5.97 Å². The molecule has 0 bridgehead atoms. The van der Waals surface area contributed by atoms with Gasteiger partial charge in [0.2, 0.25) is 0 Å². The lowest BCUT2D eigenvalue weighted by Gasteiger charge is -2.11. The zero-order valence-electron chi connectivity index (χ0n) is 13.6. The van der Waals surface area contributed by atoms with E-state index in [9.17, 15) is 4.79 Å². The largest absolute Gasteiger partial charge is 0.490 e. The Labute approximate surface area is 149 Å². The minimum Gasteiger partial charge on any atom is -0.490 e. The number of halogens is 1. The fourth-order valence-electron chi connectivity index (χ4n) is 2.06. The predicted octanol–water partition coefficient (Wildman–Crippen LogP) is 4.62. The van der Waals surface area contributed by atoms with E-state index in [4.69, 9.17) is 14.6 Å². The maximum atomic E-state index is 10.7. The van der Waals surface area contributed by atoms with Gasteiger partial charge in [-0.2, -0.15) is 0 Å². The molecule has 0 amide bonds. The molecular weight excluding hydrogens is 372 g/mol. The van der Waals surface area contributed by atoms with Crippen LogP contribution in [0.15, 0.2) is 46.9 Å². The highest BCUT2D eigenvalue weighted by Crippen LogP contribution is 2.24. The summed E-state index contributed by atoms with van der Waals surface area (Å²) >= 11 is 3.37. The van der Waals surface area contributed by atoms with Gasteiger partial charge in [0.05, 0.1) is 0 Å². The molecule has 0 fully saturated rings. The molecule has 2 rings (SSSR count). The van der Waals surface area contributed by atoms with Gasteiger partial charge in [-0.3, -0.25) is 0 Å². The van der Waals surface area contributed by atoms with Gasteiger partial charge in [-0.15, -0.1) is 0 Å². The maximum Gasteiger partial charge on any atom is 0.328 e. The van der Waals surface area contributed by atoms with Gasteiger partial charge in [-0.1, -0.05) is 22.0 Å². The van der Waals surface area contributed by atoms with Crippen molar-refractivity contribution in [2.45, 2.75) is 13.8 Å². The average Bonchev–Trinajstić information content (AvgIpc) is 2.54. The number of carboxylic acid groups (broad SMARTS) is 1. The molecule has 0 aliphatic rings. The van der Waals surface area contributed by atoms with Crippen LogP contribution in [0.25, 0.3) is 6.08 Å². The number of carboxylic acids is 1. The van der Waals surface area contributed by atoms with Gasteiger partial charge >= 0.3 is 5.97 Å². The van der Waals surface area contributed by atoms with Gasteiger partial charge in [-0.05, 0) is 61.4 Å². The summed E-state index contributed by atoms with van der Waals surface area (Å²) in [5.41, 5.74) is 3.10. The fraction of sp³-hybridized carbons (Fsp3) is 0.211. The first-order valence-electron chi connectivity index (χ1n) is 7.49. The molecule has 0 unspecified atom stereocenters. The summed E-state index contributed by atoms with van der Waals surface area (Å²) < 4.78 is 12.2. The number of aliphatic carboxylic acids is 1. The molecule has 0 aromatic heterocycles. The van der Waals surface area contributed by atoms with Crippen molar-refractivity contribution in [3.05, 3.63) is 63.6 Å². The van der Waals surface area contributed by atoms with E-state index in [1.54, 1.807) is 12.1 Å². The molecule has 0 aliphatic heterocycles. The molecule has 0 saturated carbocycles. The first kappa shape index (κ1) is 18.1. The Bertz CT molecular complexity index is 753. The van der Waals surface area contributed by atoms with E-state index in [2.05, 4.69) is 22.9 Å². The third-order valence-electron chi connectivity index (χ3n) is 3.47. The molecule has 126 valence electrons. The van der Waals surface area contributed by atoms with Crippen molar-refractivity contribution in [1.82, 2.24) is 0 Å². The molecule has 0 radical (unpaired) electrons. The first-order valence-corrected chi connectivity index (χ1v) is 8.28. The van der Waals surface area contributed by atoms with Crippen LogP contribution in [-0.4, -0.2) is 24.3 Å². The van der Waals surface area contributed by atoms with Crippen LogP contribution in [-0.2, 0) is 4.79 Å². The Hall–Kier alpha value is -2.27. The van der Waals surface area contributed by atoms with Crippen LogP contribution < -0.4 is 9.47 Å². The van der Waals surface area contributed by atoms with Gasteiger partial charge in [0.15, 0.2) is 0 Å². The van der Waals surface area contributed by atoms with Crippen molar-refractivity contribution in [3.8, 4) is 11.5 Å². The minimum absolute atomic E-state index is 0.364. The van der Waals surface area contributed by atoms with E-state index in [1.807, 2.05) is 31.2 Å². The smallest absolute Gasteiger partial charge is 0.328 e. The average molecular weight is 391 g/mol. The van der Waals surface area contributed by atoms with Crippen LogP contribution in [0.4, 0.5) is 0 Å². The molecule has 5 heteroatoms. The summed E-state index contributed by atoms with van der Waals surface area (Å²) in [5, 5.41) is 8.76. The highest BCUT2D eigenvalue weighted by Gasteiger charge is 2.04. The molecule has 24 heavy (non-hydrogen) atoms. The lowest BCUT2D eigenvalue weighted by molar-refractivity contribution is -0.131. The van der Waals surface area contributed by atoms with Crippen LogP contribution in [0.2, 0.25) is 0 Å². The number of rotatable bonds is 7. The molecule has 1 N–H and O–H groups in total. The Balaban J connectivity index is 1.94. The zero-order valence-corrected chi connectivity index (χ0v) is 15.2. The highest BCUT2D eigenvalue weighted by atomic mass is 79.9. The SMILES string of the molecule is Cc1ccc(OCCOc2ccc(Br)cc2C=CC(=O)O)cc1C. The van der Waals surface area contributed by atoms with Crippen molar-refractivity contribution in [1.29, 1.82) is 0 Å². The van der Waals surface area contributed by atoms with Crippen LogP contribution in [0.3, 0.4) is 0 Å². The summed E-state index contributed by atoms with van der Waals surface area (Å²) in [7, 11) is 0. The van der Waals surface area contributed by atoms with E-state index in [-0.39, 0.29) is 0 Å². The number of aryl methyl sites for hydroxylation is 2. The normalized spacial score (nSPS) is 10.8. The van der Waals surface area contributed by atoms with E-state index >= 15 is 0 Å². The molecule has 4 nitrogen and oxygen atoms in total. The second-order valence-electron chi connectivity index (χ2n) is 5.30. The van der Waals surface area contributed by atoms with E-state index in [0.29, 0.717) is 24.5 Å². The summed E-state index contributed by atoms with van der Waals surface area (Å²) in [5.74, 6) is 0.418. The third kappa shape index (κ3) is 5.42. The summed E-state index contributed by atoms with van der Waals surface area (Å²) in [6.07, 6.45) is 2.59. The van der Waals surface area contributed by atoms with Crippen LogP contribution in [0, 0.1) is 13.8 Å². The zero-order chi connectivity index (χ0) is 17.5. The van der Waals surface area contributed by atoms with Crippen LogP contribution in [0.1, 0.15) is 16.7 Å². The van der Waals surface area contributed by atoms with E-state index in [0.717, 1.165) is 16.3 Å². The fourth-order valence-corrected chi connectivity index (χ4v) is 2.44. The van der Waals surface area contributed by atoms with Gasteiger partial charge in [0.1, 0.15) is 24.7 Å². The van der Waals surface area contributed by atoms with Crippen molar-refractivity contribution >= 4 is 28.0 Å². The Morgan fingerprint density at radius 3 is 2.54 bits per heavy atom. The highest BCUT2D eigenvalue weighted by molar-refractivity contribution is 9.10. The Morgan fingerprint density at radius 2 is 1.83 bits per heavy atom. The second kappa shape index (κ2) is 8.55. The molecule has 0 atom stereocenters. The summed E-state index contributed by atoms with van der Waals surface area (Å²) in [6.45, 7) is 4.87. The van der Waals surface area contributed by atoms with Gasteiger partial charge in [0.25, 0.3) is 0 Å². The minimum atomic E-state index is -1.00. The molecule has 0 saturated heterocycles. The first-order chi connectivity index (χ1) is 11.5. The van der Waals surface area contributed by atoms with E-state index in [1.165, 1.54) is 17.2 Å². The molecule has 0 aliphatic carbocycles.